The van der Waals surface area contributed by atoms with E-state index in [0.717, 1.165) is 0 Å². The van der Waals surface area contributed by atoms with E-state index in [2.05, 4.69) is 15.4 Å². The third kappa shape index (κ3) is 5.70. The molecule has 8 heteroatoms. The molecule has 0 saturated heterocycles. The molecule has 0 saturated carbocycles. The van der Waals surface area contributed by atoms with E-state index in [1.807, 2.05) is 0 Å². The number of rotatable bonds is 6. The van der Waals surface area contributed by atoms with Gasteiger partial charge in [0.25, 0.3) is 0 Å². The number of amides is 2. The van der Waals surface area contributed by atoms with Crippen molar-refractivity contribution in [2.75, 3.05) is 19.0 Å². The van der Waals surface area contributed by atoms with Crippen molar-refractivity contribution in [2.45, 2.75) is 12.8 Å². The first-order chi connectivity index (χ1) is 9.93. The molecule has 114 valence electrons. The molecule has 0 bridgehead atoms. The standard InChI is InChI=1S/C13H15ClN2O5/c1-21-12(19)9-7-8(14)4-5-10(9)16-13(20)15-6-2-3-11(17)18/h4-5,7H,2-3,6H2,1H3,(H,17,18)(H2,15,16,20). The highest BCUT2D eigenvalue weighted by atomic mass is 35.5. The molecule has 0 aromatic heterocycles. The van der Waals surface area contributed by atoms with Gasteiger partial charge in [-0.15, -0.1) is 0 Å². The molecule has 1 aromatic rings. The van der Waals surface area contributed by atoms with Crippen LogP contribution in [0.5, 0.6) is 0 Å². The number of esters is 1. The Hall–Kier alpha value is -2.28. The number of carbonyl (C=O) groups excluding carboxylic acids is 2. The monoisotopic (exact) mass is 314 g/mol. The lowest BCUT2D eigenvalue weighted by molar-refractivity contribution is -0.137. The van der Waals surface area contributed by atoms with Crippen molar-refractivity contribution in [3.05, 3.63) is 28.8 Å². The van der Waals surface area contributed by atoms with Crippen molar-refractivity contribution in [1.29, 1.82) is 0 Å². The van der Waals surface area contributed by atoms with E-state index >= 15 is 0 Å². The highest BCUT2D eigenvalue weighted by Gasteiger charge is 2.14. The van der Waals surface area contributed by atoms with Crippen molar-refractivity contribution >= 4 is 35.3 Å². The second kappa shape index (κ2) is 8.11. The summed E-state index contributed by atoms with van der Waals surface area (Å²) in [4.78, 5) is 33.6. The Kier molecular flexibility index (Phi) is 6.48. The van der Waals surface area contributed by atoms with Crippen molar-refractivity contribution in [1.82, 2.24) is 5.32 Å². The van der Waals surface area contributed by atoms with Crippen LogP contribution in [0.1, 0.15) is 23.2 Å². The molecule has 0 aliphatic heterocycles. The van der Waals surface area contributed by atoms with Crippen LogP contribution in [0.25, 0.3) is 0 Å². The Morgan fingerprint density at radius 1 is 1.33 bits per heavy atom. The molecule has 2 amide bonds. The van der Waals surface area contributed by atoms with E-state index in [4.69, 9.17) is 16.7 Å². The Bertz CT molecular complexity index is 547. The molecule has 0 radical (unpaired) electrons. The lowest BCUT2D eigenvalue weighted by atomic mass is 10.2. The SMILES string of the molecule is COC(=O)c1cc(Cl)ccc1NC(=O)NCCCC(=O)O. The van der Waals surface area contributed by atoms with Gasteiger partial charge in [0.05, 0.1) is 18.4 Å². The molecule has 0 aliphatic carbocycles. The third-order valence-corrected chi connectivity index (χ3v) is 2.72. The third-order valence-electron chi connectivity index (χ3n) is 2.49. The second-order valence-electron chi connectivity index (χ2n) is 4.06. The predicted molar refractivity (Wildman–Crippen MR) is 76.7 cm³/mol. The number of aliphatic carboxylic acids is 1. The Morgan fingerprint density at radius 3 is 2.67 bits per heavy atom. The largest absolute Gasteiger partial charge is 0.481 e. The maximum atomic E-state index is 11.7. The van der Waals surface area contributed by atoms with Gasteiger partial charge in [-0.05, 0) is 24.6 Å². The lowest BCUT2D eigenvalue weighted by Crippen LogP contribution is -2.30. The van der Waals surface area contributed by atoms with Gasteiger partial charge < -0.3 is 20.5 Å². The first kappa shape index (κ1) is 16.8. The zero-order valence-corrected chi connectivity index (χ0v) is 12.1. The van der Waals surface area contributed by atoms with Crippen LogP contribution in [-0.2, 0) is 9.53 Å². The van der Waals surface area contributed by atoms with E-state index in [1.54, 1.807) is 0 Å². The normalized spacial score (nSPS) is 9.81. The zero-order chi connectivity index (χ0) is 15.8. The smallest absolute Gasteiger partial charge is 0.340 e. The van der Waals surface area contributed by atoms with Gasteiger partial charge in [0, 0.05) is 18.0 Å². The molecule has 7 nitrogen and oxygen atoms in total. The molecule has 0 atom stereocenters. The number of nitrogens with one attached hydrogen (secondary N) is 2. The van der Waals surface area contributed by atoms with E-state index in [9.17, 15) is 14.4 Å². The zero-order valence-electron chi connectivity index (χ0n) is 11.3. The number of benzene rings is 1. The fraction of sp³-hybridized carbons (Fsp3) is 0.308. The average Bonchev–Trinajstić information content (AvgIpc) is 2.44. The summed E-state index contributed by atoms with van der Waals surface area (Å²) in [5.41, 5.74) is 0.382. The average molecular weight is 315 g/mol. The summed E-state index contributed by atoms with van der Waals surface area (Å²) in [6, 6.07) is 3.83. The number of urea groups is 1. The van der Waals surface area contributed by atoms with Crippen LogP contribution in [-0.4, -0.2) is 36.7 Å². The number of halogens is 1. The lowest BCUT2D eigenvalue weighted by Gasteiger charge is -2.11. The summed E-state index contributed by atoms with van der Waals surface area (Å²) < 4.78 is 4.60. The number of anilines is 1. The Labute approximate surface area is 126 Å². The van der Waals surface area contributed by atoms with Crippen LogP contribution in [0, 0.1) is 0 Å². The van der Waals surface area contributed by atoms with Gasteiger partial charge in [-0.25, -0.2) is 9.59 Å². The summed E-state index contributed by atoms with van der Waals surface area (Å²) in [6.45, 7) is 0.208. The molecular formula is C13H15ClN2O5. The van der Waals surface area contributed by atoms with Crippen LogP contribution in [0.2, 0.25) is 5.02 Å². The number of methoxy groups -OCH3 is 1. The molecular weight excluding hydrogens is 300 g/mol. The first-order valence-electron chi connectivity index (χ1n) is 6.08. The maximum Gasteiger partial charge on any atom is 0.340 e. The van der Waals surface area contributed by atoms with Gasteiger partial charge in [-0.1, -0.05) is 11.6 Å². The number of hydrogen-bond acceptors (Lipinski definition) is 4. The van der Waals surface area contributed by atoms with Gasteiger partial charge >= 0.3 is 18.0 Å². The fourth-order valence-corrected chi connectivity index (χ4v) is 1.68. The molecule has 1 aromatic carbocycles. The van der Waals surface area contributed by atoms with Crippen molar-refractivity contribution < 1.29 is 24.2 Å². The van der Waals surface area contributed by atoms with E-state index in [-0.39, 0.29) is 24.2 Å². The number of carboxylic acids is 1. The van der Waals surface area contributed by atoms with Crippen LogP contribution in [0.4, 0.5) is 10.5 Å². The van der Waals surface area contributed by atoms with Gasteiger partial charge in [0.15, 0.2) is 0 Å². The Morgan fingerprint density at radius 2 is 2.05 bits per heavy atom. The minimum atomic E-state index is -0.928. The minimum Gasteiger partial charge on any atom is -0.481 e. The predicted octanol–water partition coefficient (Wildman–Crippen LogP) is 2.11. The van der Waals surface area contributed by atoms with Crippen LogP contribution in [0.3, 0.4) is 0 Å². The summed E-state index contributed by atoms with van der Waals surface area (Å²) >= 11 is 5.79. The van der Waals surface area contributed by atoms with Crippen LogP contribution >= 0.6 is 11.6 Å². The molecule has 21 heavy (non-hydrogen) atoms. The number of hydrogen-bond donors (Lipinski definition) is 3. The highest BCUT2D eigenvalue weighted by molar-refractivity contribution is 6.31. The maximum absolute atomic E-state index is 11.7. The molecule has 0 fully saturated rings. The molecule has 0 heterocycles. The van der Waals surface area contributed by atoms with Crippen molar-refractivity contribution in [2.24, 2.45) is 0 Å². The summed E-state index contributed by atoms with van der Waals surface area (Å²) in [7, 11) is 1.22. The number of carbonyl (C=O) groups is 3. The van der Waals surface area contributed by atoms with Gasteiger partial charge in [-0.3, -0.25) is 4.79 Å². The van der Waals surface area contributed by atoms with Crippen LogP contribution < -0.4 is 10.6 Å². The van der Waals surface area contributed by atoms with E-state index in [0.29, 0.717) is 11.4 Å². The molecule has 0 aliphatic rings. The van der Waals surface area contributed by atoms with E-state index < -0.39 is 18.0 Å². The molecule has 1 rings (SSSR count). The van der Waals surface area contributed by atoms with Gasteiger partial charge in [0.1, 0.15) is 0 Å². The minimum absolute atomic E-state index is 0.0331. The number of carboxylic acid groups (broad SMARTS) is 1. The van der Waals surface area contributed by atoms with Crippen molar-refractivity contribution in [3.8, 4) is 0 Å². The second-order valence-corrected chi connectivity index (χ2v) is 4.50. The number of ether oxygens (including phenoxy) is 1. The van der Waals surface area contributed by atoms with Gasteiger partial charge in [0.2, 0.25) is 0 Å². The summed E-state index contributed by atoms with van der Waals surface area (Å²) in [6.07, 6.45) is 0.280. The molecule has 3 N–H and O–H groups in total. The molecule has 0 unspecified atom stereocenters. The summed E-state index contributed by atoms with van der Waals surface area (Å²) in [5, 5.41) is 13.8. The van der Waals surface area contributed by atoms with Gasteiger partial charge in [-0.2, -0.15) is 0 Å². The topological polar surface area (TPSA) is 105 Å². The van der Waals surface area contributed by atoms with E-state index in [1.165, 1.54) is 25.3 Å². The highest BCUT2D eigenvalue weighted by Crippen LogP contribution is 2.21. The summed E-state index contributed by atoms with van der Waals surface area (Å²) in [5.74, 6) is -1.55. The first-order valence-corrected chi connectivity index (χ1v) is 6.46. The van der Waals surface area contributed by atoms with Crippen LogP contribution in [0.15, 0.2) is 18.2 Å². The quantitative estimate of drug-likeness (QED) is 0.551. The van der Waals surface area contributed by atoms with Crippen molar-refractivity contribution in [3.63, 3.8) is 0 Å². The Balaban J connectivity index is 2.63. The fourth-order valence-electron chi connectivity index (χ4n) is 1.51. The molecule has 0 spiro atoms.